The smallest absolute Gasteiger partial charge is 0.266 e. The normalized spacial score (nSPS) is 11.7. The van der Waals surface area contributed by atoms with E-state index in [-0.39, 0.29) is 15.3 Å². The SMILES string of the molecule is Cc1cc(Br)c(NS(=O)(=O)c2cc(CO)oc2Br)cc1Cl. The third-order valence-electron chi connectivity index (χ3n) is 2.64. The van der Waals surface area contributed by atoms with Crippen molar-refractivity contribution < 1.29 is 17.9 Å². The van der Waals surface area contributed by atoms with Crippen molar-refractivity contribution in [2.45, 2.75) is 18.4 Å². The van der Waals surface area contributed by atoms with Gasteiger partial charge in [0, 0.05) is 15.6 Å². The molecular weight excluding hydrogens is 449 g/mol. The zero-order valence-electron chi connectivity index (χ0n) is 10.7. The molecule has 0 radical (unpaired) electrons. The first-order chi connectivity index (χ1) is 9.74. The number of halogens is 3. The number of benzene rings is 1. The lowest BCUT2D eigenvalue weighted by Gasteiger charge is -2.10. The average Bonchev–Trinajstić information content (AvgIpc) is 2.78. The predicted octanol–water partition coefficient (Wildman–Crippen LogP) is 4.06. The highest BCUT2D eigenvalue weighted by atomic mass is 79.9. The molecule has 0 unspecified atom stereocenters. The Hall–Kier alpha value is -0.540. The molecule has 0 aliphatic carbocycles. The summed E-state index contributed by atoms with van der Waals surface area (Å²) in [5, 5.41) is 9.43. The van der Waals surface area contributed by atoms with Crippen LogP contribution in [0, 0.1) is 6.92 Å². The maximum absolute atomic E-state index is 12.4. The Morgan fingerprint density at radius 3 is 2.57 bits per heavy atom. The summed E-state index contributed by atoms with van der Waals surface area (Å²) in [4.78, 5) is -0.102. The molecule has 0 aliphatic rings. The third-order valence-corrected chi connectivity index (χ3v) is 5.93. The van der Waals surface area contributed by atoms with Crippen LogP contribution in [0.1, 0.15) is 11.3 Å². The van der Waals surface area contributed by atoms with Crippen LogP contribution in [0.4, 0.5) is 5.69 Å². The Morgan fingerprint density at radius 2 is 2.00 bits per heavy atom. The summed E-state index contributed by atoms with van der Waals surface area (Å²) in [5.41, 5.74) is 1.13. The second-order valence-electron chi connectivity index (χ2n) is 4.20. The van der Waals surface area contributed by atoms with Crippen LogP contribution in [0.2, 0.25) is 5.02 Å². The Bertz CT molecular complexity index is 789. The number of nitrogens with one attached hydrogen (secondary N) is 1. The fourth-order valence-corrected chi connectivity index (χ4v) is 4.50. The van der Waals surface area contributed by atoms with E-state index in [4.69, 9.17) is 21.1 Å². The van der Waals surface area contributed by atoms with E-state index < -0.39 is 16.6 Å². The van der Waals surface area contributed by atoms with Crippen molar-refractivity contribution in [3.05, 3.63) is 43.7 Å². The molecule has 2 rings (SSSR count). The van der Waals surface area contributed by atoms with Gasteiger partial charge < -0.3 is 9.52 Å². The van der Waals surface area contributed by atoms with Crippen molar-refractivity contribution in [1.82, 2.24) is 0 Å². The van der Waals surface area contributed by atoms with Gasteiger partial charge in [0.2, 0.25) is 0 Å². The molecule has 5 nitrogen and oxygen atoms in total. The Morgan fingerprint density at radius 1 is 1.33 bits per heavy atom. The van der Waals surface area contributed by atoms with Crippen LogP contribution in [0.25, 0.3) is 0 Å². The largest absolute Gasteiger partial charge is 0.450 e. The second kappa shape index (κ2) is 6.29. The number of aliphatic hydroxyl groups is 1. The van der Waals surface area contributed by atoms with E-state index in [0.717, 1.165) is 5.56 Å². The minimum atomic E-state index is -3.88. The number of aliphatic hydroxyl groups excluding tert-OH is 1. The van der Waals surface area contributed by atoms with Crippen LogP contribution in [-0.2, 0) is 16.6 Å². The molecule has 9 heteroatoms. The third kappa shape index (κ3) is 3.62. The maximum Gasteiger partial charge on any atom is 0.266 e. The lowest BCUT2D eigenvalue weighted by molar-refractivity contribution is 0.245. The number of hydrogen-bond acceptors (Lipinski definition) is 4. The van der Waals surface area contributed by atoms with Crippen LogP contribution in [0.15, 0.2) is 36.7 Å². The molecule has 1 aromatic carbocycles. The number of hydrogen-bond donors (Lipinski definition) is 2. The van der Waals surface area contributed by atoms with Crippen molar-refractivity contribution in [2.24, 2.45) is 0 Å². The molecule has 0 spiro atoms. The molecule has 0 amide bonds. The highest BCUT2D eigenvalue weighted by Crippen LogP contribution is 2.33. The van der Waals surface area contributed by atoms with Crippen molar-refractivity contribution >= 4 is 59.2 Å². The lowest BCUT2D eigenvalue weighted by Crippen LogP contribution is -2.13. The highest BCUT2D eigenvalue weighted by Gasteiger charge is 2.23. The molecule has 114 valence electrons. The average molecular weight is 460 g/mol. The quantitative estimate of drug-likeness (QED) is 0.723. The molecule has 0 bridgehead atoms. The number of aryl methyl sites for hydroxylation is 1. The summed E-state index contributed by atoms with van der Waals surface area (Å²) in [6.45, 7) is 1.42. The fraction of sp³-hybridized carbons (Fsp3) is 0.167. The molecule has 0 aliphatic heterocycles. The van der Waals surface area contributed by atoms with E-state index in [1.807, 2.05) is 6.92 Å². The number of rotatable bonds is 4. The molecule has 2 N–H and O–H groups in total. The Labute approximate surface area is 143 Å². The van der Waals surface area contributed by atoms with E-state index in [2.05, 4.69) is 36.6 Å². The van der Waals surface area contributed by atoms with E-state index in [1.165, 1.54) is 12.1 Å². The molecule has 21 heavy (non-hydrogen) atoms. The van der Waals surface area contributed by atoms with Crippen molar-refractivity contribution in [3.8, 4) is 0 Å². The molecule has 0 fully saturated rings. The van der Waals surface area contributed by atoms with Crippen molar-refractivity contribution in [3.63, 3.8) is 0 Å². The summed E-state index contributed by atoms with van der Waals surface area (Å²) in [6.07, 6.45) is 0. The predicted molar refractivity (Wildman–Crippen MR) is 87.0 cm³/mol. The molecule has 1 heterocycles. The van der Waals surface area contributed by atoms with Gasteiger partial charge in [0.1, 0.15) is 17.3 Å². The minimum Gasteiger partial charge on any atom is -0.450 e. The highest BCUT2D eigenvalue weighted by molar-refractivity contribution is 9.10. The molecular formula is C12H10Br2ClNO4S. The van der Waals surface area contributed by atoms with E-state index in [9.17, 15) is 8.42 Å². The molecule has 0 saturated carbocycles. The van der Waals surface area contributed by atoms with Gasteiger partial charge in [-0.15, -0.1) is 0 Å². The molecule has 2 aromatic rings. The number of anilines is 1. The van der Waals surface area contributed by atoms with E-state index >= 15 is 0 Å². The first kappa shape index (κ1) is 16.8. The minimum absolute atomic E-state index is 0.0216. The van der Waals surface area contributed by atoms with E-state index in [0.29, 0.717) is 15.2 Å². The summed E-state index contributed by atoms with van der Waals surface area (Å²) in [5.74, 6) is 0.142. The van der Waals surface area contributed by atoms with Crippen LogP contribution in [0.5, 0.6) is 0 Å². The maximum atomic E-state index is 12.4. The first-order valence-corrected chi connectivity index (χ1v) is 9.07. The van der Waals surface area contributed by atoms with Gasteiger partial charge in [-0.3, -0.25) is 4.72 Å². The van der Waals surface area contributed by atoms with Crippen LogP contribution >= 0.6 is 43.5 Å². The lowest BCUT2D eigenvalue weighted by atomic mass is 10.2. The molecule has 0 atom stereocenters. The summed E-state index contributed by atoms with van der Waals surface area (Å²) in [7, 11) is -3.88. The topological polar surface area (TPSA) is 79.5 Å². The Balaban J connectivity index is 2.42. The van der Waals surface area contributed by atoms with Gasteiger partial charge in [-0.2, -0.15) is 0 Å². The standard InChI is InChI=1S/C12H10Br2ClNO4S/c1-6-2-8(13)10(4-9(6)15)16-21(18,19)11-3-7(5-17)20-12(11)14/h2-4,16-17H,5H2,1H3. The summed E-state index contributed by atoms with van der Waals surface area (Å²) in [6, 6.07) is 4.47. The molecule has 1 aromatic heterocycles. The van der Waals surface area contributed by atoms with Crippen LogP contribution < -0.4 is 4.72 Å². The van der Waals surface area contributed by atoms with Gasteiger partial charge in [-0.25, -0.2) is 8.42 Å². The zero-order valence-corrected chi connectivity index (χ0v) is 15.4. The number of sulfonamides is 1. The van der Waals surface area contributed by atoms with Gasteiger partial charge >= 0.3 is 0 Å². The first-order valence-electron chi connectivity index (χ1n) is 5.62. The van der Waals surface area contributed by atoms with Crippen molar-refractivity contribution in [2.75, 3.05) is 4.72 Å². The van der Waals surface area contributed by atoms with Gasteiger partial charge in [0.05, 0.1) is 5.69 Å². The Kier molecular flexibility index (Phi) is 5.04. The summed E-state index contributed by atoms with van der Waals surface area (Å²) < 4.78 is 32.8. The van der Waals surface area contributed by atoms with Gasteiger partial charge in [0.25, 0.3) is 10.0 Å². The van der Waals surface area contributed by atoms with E-state index in [1.54, 1.807) is 6.07 Å². The monoisotopic (exact) mass is 457 g/mol. The fourth-order valence-electron chi connectivity index (χ4n) is 1.58. The van der Waals surface area contributed by atoms with Gasteiger partial charge in [-0.1, -0.05) is 11.6 Å². The van der Waals surface area contributed by atoms with Gasteiger partial charge in [-0.05, 0) is 56.5 Å². The second-order valence-corrected chi connectivity index (χ2v) is 7.83. The number of furan rings is 1. The zero-order chi connectivity index (χ0) is 15.8. The summed E-state index contributed by atoms with van der Waals surface area (Å²) >= 11 is 12.3. The van der Waals surface area contributed by atoms with Crippen LogP contribution in [-0.4, -0.2) is 13.5 Å². The molecule has 0 saturated heterocycles. The van der Waals surface area contributed by atoms with Crippen LogP contribution in [0.3, 0.4) is 0 Å². The van der Waals surface area contributed by atoms with Gasteiger partial charge in [0.15, 0.2) is 4.67 Å². The van der Waals surface area contributed by atoms with Crippen molar-refractivity contribution in [1.29, 1.82) is 0 Å².